The molecule has 0 radical (unpaired) electrons. The summed E-state index contributed by atoms with van der Waals surface area (Å²) in [6, 6.07) is 11.7. The first-order valence-electron chi connectivity index (χ1n) is 9.32. The largest absolute Gasteiger partial charge is 0.480 e. The van der Waals surface area contributed by atoms with Crippen molar-refractivity contribution >= 4 is 27.9 Å². The maximum absolute atomic E-state index is 6.25. The van der Waals surface area contributed by atoms with Crippen molar-refractivity contribution in [2.45, 2.75) is 6.10 Å². The Labute approximate surface area is 165 Å². The number of nitrogen functional groups attached to an aromatic ring is 1. The fourth-order valence-electron chi connectivity index (χ4n) is 3.74. The molecule has 0 saturated carbocycles. The predicted molar refractivity (Wildman–Crippen MR) is 111 cm³/mol. The smallest absolute Gasteiger partial charge is 0.162 e. The van der Waals surface area contributed by atoms with Gasteiger partial charge in [0.2, 0.25) is 0 Å². The van der Waals surface area contributed by atoms with Crippen LogP contribution in [0.15, 0.2) is 61.2 Å². The number of nitrogens with zero attached hydrogens (tertiary/aromatic N) is 4. The van der Waals surface area contributed by atoms with E-state index in [9.17, 15) is 0 Å². The van der Waals surface area contributed by atoms with Crippen LogP contribution in [-0.4, -0.2) is 31.1 Å². The van der Waals surface area contributed by atoms with Crippen molar-refractivity contribution in [1.29, 1.82) is 0 Å². The summed E-state index contributed by atoms with van der Waals surface area (Å²) >= 11 is 0. The fraction of sp³-hybridized carbons (Fsp3) is 0.0952. The zero-order chi connectivity index (χ0) is 19.4. The van der Waals surface area contributed by atoms with Crippen LogP contribution < -0.4 is 15.8 Å². The van der Waals surface area contributed by atoms with E-state index in [-0.39, 0.29) is 6.10 Å². The van der Waals surface area contributed by atoms with Crippen LogP contribution in [-0.2, 0) is 0 Å². The van der Waals surface area contributed by atoms with Crippen LogP contribution in [0.25, 0.3) is 27.8 Å². The number of hydrogen-bond acceptors (Lipinski definition) is 6. The molecule has 0 aliphatic carbocycles. The number of nitrogens with one attached hydrogen (secondary N) is 2. The third kappa shape index (κ3) is 2.57. The molecule has 0 fully saturated rings. The van der Waals surface area contributed by atoms with E-state index in [4.69, 9.17) is 15.5 Å². The molecule has 0 amide bonds. The summed E-state index contributed by atoms with van der Waals surface area (Å²) in [6.45, 7) is 0.593. The van der Waals surface area contributed by atoms with E-state index in [1.165, 1.54) is 0 Å². The van der Waals surface area contributed by atoms with Crippen molar-refractivity contribution in [1.82, 2.24) is 24.6 Å². The molecule has 8 nitrogen and oxygen atoms in total. The van der Waals surface area contributed by atoms with E-state index >= 15 is 0 Å². The second-order valence-electron chi connectivity index (χ2n) is 7.08. The molecule has 142 valence electrons. The van der Waals surface area contributed by atoms with Crippen molar-refractivity contribution < 1.29 is 4.74 Å². The Bertz CT molecular complexity index is 1370. The number of fused-ring (bicyclic) bond motifs is 3. The third-order valence-electron chi connectivity index (χ3n) is 5.20. The van der Waals surface area contributed by atoms with E-state index < -0.39 is 0 Å². The Hall–Kier alpha value is -4.07. The first-order valence-corrected chi connectivity index (χ1v) is 9.32. The van der Waals surface area contributed by atoms with E-state index in [0.29, 0.717) is 12.2 Å². The predicted octanol–water partition coefficient (Wildman–Crippen LogP) is 3.40. The second-order valence-corrected chi connectivity index (χ2v) is 7.08. The molecule has 1 aliphatic heterocycles. The Kier molecular flexibility index (Phi) is 3.28. The molecule has 1 unspecified atom stereocenters. The zero-order valence-electron chi connectivity index (χ0n) is 15.3. The normalized spacial score (nSPS) is 15.8. The minimum absolute atomic E-state index is 0.287. The minimum atomic E-state index is -0.287. The van der Waals surface area contributed by atoms with Gasteiger partial charge in [0.15, 0.2) is 11.8 Å². The summed E-state index contributed by atoms with van der Waals surface area (Å²) in [5.41, 5.74) is 11.9. The zero-order valence-corrected chi connectivity index (χ0v) is 15.3. The lowest BCUT2D eigenvalue weighted by molar-refractivity contribution is 0.207. The van der Waals surface area contributed by atoms with E-state index in [1.54, 1.807) is 6.20 Å². The number of imidazole rings is 1. The molecule has 4 heterocycles. The van der Waals surface area contributed by atoms with Gasteiger partial charge in [-0.05, 0) is 18.2 Å². The summed E-state index contributed by atoms with van der Waals surface area (Å²) in [7, 11) is 0. The number of aromatic amines is 1. The molecule has 0 spiro atoms. The van der Waals surface area contributed by atoms with Gasteiger partial charge in [0.05, 0.1) is 29.6 Å². The first kappa shape index (κ1) is 15.9. The highest BCUT2D eigenvalue weighted by atomic mass is 16.5. The monoisotopic (exact) mass is 383 g/mol. The maximum atomic E-state index is 6.25. The quantitative estimate of drug-likeness (QED) is 0.404. The standard InChI is InChI=1S/C21H17N7O/c22-14-3-4-15-18(8-14)29-19(10-24-15)20-21-23-5-6-28(21)11-17(26-20)12-1-2-13-9-25-27-16(13)7-12/h1-9,11,19,24H,10,22H2,(H,25,27). The Morgan fingerprint density at radius 3 is 3.10 bits per heavy atom. The average molecular weight is 383 g/mol. The van der Waals surface area contributed by atoms with Crippen LogP contribution >= 0.6 is 0 Å². The molecule has 8 heteroatoms. The number of anilines is 2. The molecule has 6 rings (SSSR count). The van der Waals surface area contributed by atoms with Crippen LogP contribution in [0.4, 0.5) is 11.4 Å². The number of aromatic nitrogens is 5. The van der Waals surface area contributed by atoms with E-state index in [2.05, 4.69) is 20.5 Å². The van der Waals surface area contributed by atoms with Gasteiger partial charge in [0.1, 0.15) is 11.4 Å². The van der Waals surface area contributed by atoms with Crippen molar-refractivity contribution in [2.75, 3.05) is 17.6 Å². The average Bonchev–Trinajstić information content (AvgIpc) is 3.41. The molecular weight excluding hydrogens is 366 g/mol. The van der Waals surface area contributed by atoms with Crippen molar-refractivity contribution in [2.24, 2.45) is 0 Å². The molecule has 4 N–H and O–H groups in total. The topological polar surface area (TPSA) is 106 Å². The van der Waals surface area contributed by atoms with E-state index in [0.717, 1.165) is 44.9 Å². The van der Waals surface area contributed by atoms with Gasteiger partial charge in [-0.25, -0.2) is 9.97 Å². The SMILES string of the molecule is Nc1ccc2c(c1)OC(c1nc(-c3ccc4cn[nH]c4c3)cn3ccnc13)CN2. The van der Waals surface area contributed by atoms with Crippen molar-refractivity contribution in [3.05, 3.63) is 66.9 Å². The first-order chi connectivity index (χ1) is 14.2. The molecule has 29 heavy (non-hydrogen) atoms. The highest BCUT2D eigenvalue weighted by Crippen LogP contribution is 2.36. The lowest BCUT2D eigenvalue weighted by Crippen LogP contribution is -2.25. The number of nitrogens with two attached hydrogens (primary N) is 1. The van der Waals surface area contributed by atoms with Crippen LogP contribution in [0.1, 0.15) is 11.8 Å². The van der Waals surface area contributed by atoms with Gasteiger partial charge >= 0.3 is 0 Å². The summed E-state index contributed by atoms with van der Waals surface area (Å²) in [6.07, 6.45) is 7.18. The van der Waals surface area contributed by atoms with Gasteiger partial charge in [-0.3, -0.25) is 5.10 Å². The number of hydrogen-bond donors (Lipinski definition) is 3. The number of rotatable bonds is 2. The van der Waals surface area contributed by atoms with Crippen LogP contribution in [0.2, 0.25) is 0 Å². The van der Waals surface area contributed by atoms with Crippen molar-refractivity contribution in [3.63, 3.8) is 0 Å². The lowest BCUT2D eigenvalue weighted by Gasteiger charge is -2.27. The van der Waals surface area contributed by atoms with E-state index in [1.807, 2.05) is 59.4 Å². The highest BCUT2D eigenvalue weighted by molar-refractivity contribution is 5.83. The molecule has 3 aromatic heterocycles. The second kappa shape index (κ2) is 5.96. The van der Waals surface area contributed by atoms with Crippen LogP contribution in [0.3, 0.4) is 0 Å². The van der Waals surface area contributed by atoms with Crippen LogP contribution in [0.5, 0.6) is 5.75 Å². The van der Waals surface area contributed by atoms with Gasteiger partial charge < -0.3 is 20.2 Å². The minimum Gasteiger partial charge on any atom is -0.480 e. The Morgan fingerprint density at radius 1 is 1.17 bits per heavy atom. The molecule has 2 aromatic carbocycles. The Morgan fingerprint density at radius 2 is 2.14 bits per heavy atom. The summed E-state index contributed by atoms with van der Waals surface area (Å²) in [5.74, 6) is 0.719. The van der Waals surface area contributed by atoms with Gasteiger partial charge in [-0.1, -0.05) is 12.1 Å². The summed E-state index contributed by atoms with van der Waals surface area (Å²) in [5, 5.41) is 11.6. The Balaban J connectivity index is 1.47. The number of ether oxygens (including phenoxy) is 1. The maximum Gasteiger partial charge on any atom is 0.162 e. The molecule has 1 atom stereocenters. The van der Waals surface area contributed by atoms with Crippen LogP contribution in [0, 0.1) is 0 Å². The summed E-state index contributed by atoms with van der Waals surface area (Å²) < 4.78 is 8.23. The van der Waals surface area contributed by atoms with Crippen molar-refractivity contribution in [3.8, 4) is 17.0 Å². The van der Waals surface area contributed by atoms with Gasteiger partial charge in [0.25, 0.3) is 0 Å². The molecule has 5 aromatic rings. The molecule has 0 saturated heterocycles. The summed E-state index contributed by atoms with van der Waals surface area (Å²) in [4.78, 5) is 9.44. The third-order valence-corrected chi connectivity index (χ3v) is 5.20. The molecule has 0 bridgehead atoms. The molecule has 1 aliphatic rings. The highest BCUT2D eigenvalue weighted by Gasteiger charge is 2.26. The molecular formula is C21H17N7O. The van der Waals surface area contributed by atoms with Gasteiger partial charge in [-0.2, -0.15) is 5.10 Å². The number of H-pyrrole nitrogens is 1. The lowest BCUT2D eigenvalue weighted by atomic mass is 10.1. The fourth-order valence-corrected chi connectivity index (χ4v) is 3.74. The number of benzene rings is 2. The van der Waals surface area contributed by atoms with Gasteiger partial charge in [0, 0.05) is 41.3 Å². The van der Waals surface area contributed by atoms with Gasteiger partial charge in [-0.15, -0.1) is 0 Å².